The molecule has 3 aromatic heterocycles. The lowest BCUT2D eigenvalue weighted by Crippen LogP contribution is -2.10. The van der Waals surface area contributed by atoms with Crippen LogP contribution < -0.4 is 10.6 Å². The zero-order valence-corrected chi connectivity index (χ0v) is 16.3. The largest absolute Gasteiger partial charge is 0.354 e. The zero-order valence-electron chi connectivity index (χ0n) is 16.3. The minimum absolute atomic E-state index is 0.261. The Balaban J connectivity index is 1.57. The summed E-state index contributed by atoms with van der Waals surface area (Å²) in [6.45, 7) is 0.561. The van der Waals surface area contributed by atoms with Gasteiger partial charge in [-0.25, -0.2) is 19.3 Å². The van der Waals surface area contributed by atoms with Gasteiger partial charge in [-0.1, -0.05) is 12.1 Å². The summed E-state index contributed by atoms with van der Waals surface area (Å²) >= 11 is 0. The normalized spacial score (nSPS) is 10.3. The van der Waals surface area contributed by atoms with Gasteiger partial charge >= 0.3 is 0 Å². The number of hydrogen-bond donors (Lipinski definition) is 2. The van der Waals surface area contributed by atoms with Crippen molar-refractivity contribution in [2.75, 3.05) is 17.2 Å². The number of anilines is 3. The molecule has 0 fully saturated rings. The number of aromatic nitrogens is 5. The van der Waals surface area contributed by atoms with Crippen LogP contribution in [0.5, 0.6) is 0 Å². The Labute approximate surface area is 177 Å². The maximum absolute atomic E-state index is 13.1. The smallest absolute Gasteiger partial charge is 0.225 e. The summed E-state index contributed by atoms with van der Waals surface area (Å²) in [6, 6.07) is 13.6. The molecule has 0 aliphatic rings. The van der Waals surface area contributed by atoms with Crippen molar-refractivity contribution in [3.05, 3.63) is 84.3 Å². The van der Waals surface area contributed by atoms with Crippen LogP contribution in [0, 0.1) is 17.1 Å². The van der Waals surface area contributed by atoms with Gasteiger partial charge in [0.2, 0.25) is 5.95 Å². The van der Waals surface area contributed by atoms with E-state index in [-0.39, 0.29) is 5.82 Å². The Morgan fingerprint density at radius 2 is 1.81 bits per heavy atom. The summed E-state index contributed by atoms with van der Waals surface area (Å²) in [5.74, 6) is 1.22. The van der Waals surface area contributed by atoms with Crippen LogP contribution >= 0.6 is 0 Å². The lowest BCUT2D eigenvalue weighted by atomic mass is 10.1. The van der Waals surface area contributed by atoms with Gasteiger partial charge in [0.15, 0.2) is 0 Å². The molecule has 4 aromatic rings. The number of benzene rings is 1. The summed E-state index contributed by atoms with van der Waals surface area (Å²) < 4.78 is 13.1. The van der Waals surface area contributed by atoms with Gasteiger partial charge < -0.3 is 10.6 Å². The molecule has 0 spiro atoms. The summed E-state index contributed by atoms with van der Waals surface area (Å²) in [6.07, 6.45) is 7.03. The molecule has 0 saturated heterocycles. The highest BCUT2D eigenvalue weighted by Crippen LogP contribution is 2.22. The van der Waals surface area contributed by atoms with Gasteiger partial charge in [0.25, 0.3) is 0 Å². The fourth-order valence-electron chi connectivity index (χ4n) is 2.81. The Bertz CT molecular complexity index is 1190. The van der Waals surface area contributed by atoms with Crippen molar-refractivity contribution in [3.8, 4) is 17.3 Å². The third kappa shape index (κ3) is 5.33. The quantitative estimate of drug-likeness (QED) is 0.472. The molecule has 8 nitrogen and oxygen atoms in total. The van der Waals surface area contributed by atoms with Crippen LogP contribution in [0.3, 0.4) is 0 Å². The van der Waals surface area contributed by atoms with E-state index in [9.17, 15) is 4.39 Å². The van der Waals surface area contributed by atoms with E-state index in [2.05, 4.69) is 35.6 Å². The Kier molecular flexibility index (Phi) is 6.00. The average Bonchev–Trinajstić information content (AvgIpc) is 2.81. The topological polar surface area (TPSA) is 112 Å². The third-order valence-corrected chi connectivity index (χ3v) is 4.33. The van der Waals surface area contributed by atoms with Crippen molar-refractivity contribution >= 4 is 17.6 Å². The van der Waals surface area contributed by atoms with Crippen LogP contribution in [0.1, 0.15) is 11.3 Å². The highest BCUT2D eigenvalue weighted by atomic mass is 19.1. The lowest BCUT2D eigenvalue weighted by Gasteiger charge is -2.11. The maximum atomic E-state index is 13.1. The van der Waals surface area contributed by atoms with Crippen LogP contribution in [-0.2, 0) is 6.42 Å². The van der Waals surface area contributed by atoms with Gasteiger partial charge in [-0.3, -0.25) is 4.98 Å². The second-order valence-electron chi connectivity index (χ2n) is 6.52. The molecular weight excluding hydrogens is 395 g/mol. The fourth-order valence-corrected chi connectivity index (χ4v) is 2.81. The summed E-state index contributed by atoms with van der Waals surface area (Å²) in [5.41, 5.74) is 2.69. The van der Waals surface area contributed by atoms with Gasteiger partial charge in [0, 0.05) is 36.8 Å². The molecular formula is C22H17FN8. The van der Waals surface area contributed by atoms with Crippen molar-refractivity contribution in [3.63, 3.8) is 0 Å². The first-order chi connectivity index (χ1) is 15.2. The highest BCUT2D eigenvalue weighted by Gasteiger charge is 2.09. The molecule has 0 unspecified atom stereocenters. The van der Waals surface area contributed by atoms with Crippen molar-refractivity contribution in [2.24, 2.45) is 0 Å². The second-order valence-corrected chi connectivity index (χ2v) is 6.52. The first-order valence-electron chi connectivity index (χ1n) is 9.46. The van der Waals surface area contributed by atoms with E-state index in [1.807, 2.05) is 6.07 Å². The van der Waals surface area contributed by atoms with E-state index >= 15 is 0 Å². The van der Waals surface area contributed by atoms with E-state index in [1.165, 1.54) is 12.1 Å². The summed E-state index contributed by atoms with van der Waals surface area (Å²) in [7, 11) is 0. The molecule has 0 amide bonds. The number of nitrogens with one attached hydrogen (secondary N) is 2. The standard InChI is InChI=1S/C22H17FN8/c23-17-4-1-15(2-5-17)7-8-27-22-29-19(16-3-6-18(12-24)28-13-16)11-20(31-22)30-21-14-25-9-10-26-21/h1-6,9-11,13-14H,7-8H2,(H2,26,27,29,30,31). The number of hydrogen-bond acceptors (Lipinski definition) is 8. The molecule has 0 radical (unpaired) electrons. The summed E-state index contributed by atoms with van der Waals surface area (Å²) in [5, 5.41) is 15.3. The van der Waals surface area contributed by atoms with E-state index in [0.29, 0.717) is 41.9 Å². The van der Waals surface area contributed by atoms with Crippen LogP contribution in [0.15, 0.2) is 67.3 Å². The molecule has 9 heteroatoms. The maximum Gasteiger partial charge on any atom is 0.225 e. The monoisotopic (exact) mass is 412 g/mol. The van der Waals surface area contributed by atoms with Crippen molar-refractivity contribution in [1.29, 1.82) is 5.26 Å². The Morgan fingerprint density at radius 1 is 0.935 bits per heavy atom. The molecule has 4 rings (SSSR count). The predicted molar refractivity (Wildman–Crippen MR) is 114 cm³/mol. The molecule has 0 saturated carbocycles. The van der Waals surface area contributed by atoms with E-state index in [1.54, 1.807) is 55.1 Å². The van der Waals surface area contributed by atoms with Gasteiger partial charge in [-0.2, -0.15) is 10.2 Å². The molecule has 3 heterocycles. The second kappa shape index (κ2) is 9.37. The van der Waals surface area contributed by atoms with Crippen LogP contribution in [-0.4, -0.2) is 31.5 Å². The van der Waals surface area contributed by atoms with Crippen molar-refractivity contribution < 1.29 is 4.39 Å². The lowest BCUT2D eigenvalue weighted by molar-refractivity contribution is 0.627. The third-order valence-electron chi connectivity index (χ3n) is 4.33. The van der Waals surface area contributed by atoms with E-state index in [4.69, 9.17) is 5.26 Å². The number of nitriles is 1. The summed E-state index contributed by atoms with van der Waals surface area (Å²) in [4.78, 5) is 21.4. The van der Waals surface area contributed by atoms with Gasteiger partial charge in [0.05, 0.1) is 11.9 Å². The molecule has 0 atom stereocenters. The Hall–Kier alpha value is -4.45. The highest BCUT2D eigenvalue weighted by molar-refractivity contribution is 5.66. The minimum Gasteiger partial charge on any atom is -0.354 e. The molecule has 2 N–H and O–H groups in total. The van der Waals surface area contributed by atoms with Crippen LogP contribution in [0.25, 0.3) is 11.3 Å². The first kappa shape index (κ1) is 19.8. The number of rotatable bonds is 7. The van der Waals surface area contributed by atoms with Crippen molar-refractivity contribution in [1.82, 2.24) is 24.9 Å². The molecule has 0 aliphatic carbocycles. The van der Waals surface area contributed by atoms with Crippen LogP contribution in [0.4, 0.5) is 22.0 Å². The van der Waals surface area contributed by atoms with Gasteiger partial charge in [-0.05, 0) is 36.2 Å². The van der Waals surface area contributed by atoms with Gasteiger partial charge in [0.1, 0.15) is 29.2 Å². The average molecular weight is 412 g/mol. The van der Waals surface area contributed by atoms with E-state index < -0.39 is 0 Å². The number of halogens is 1. The van der Waals surface area contributed by atoms with E-state index in [0.717, 1.165) is 11.1 Å². The SMILES string of the molecule is N#Cc1ccc(-c2cc(Nc3cnccn3)nc(NCCc3ccc(F)cc3)n2)cn1. The fraction of sp³-hybridized carbons (Fsp3) is 0.0909. The molecule has 31 heavy (non-hydrogen) atoms. The minimum atomic E-state index is -0.261. The number of pyridine rings is 1. The molecule has 0 aliphatic heterocycles. The molecule has 1 aromatic carbocycles. The predicted octanol–water partition coefficient (Wildman–Crippen LogP) is 3.74. The number of nitrogens with zero attached hydrogens (tertiary/aromatic N) is 6. The molecule has 152 valence electrons. The van der Waals surface area contributed by atoms with Crippen molar-refractivity contribution in [2.45, 2.75) is 6.42 Å². The molecule has 0 bridgehead atoms. The zero-order chi connectivity index (χ0) is 21.5. The Morgan fingerprint density at radius 3 is 2.52 bits per heavy atom. The first-order valence-corrected chi connectivity index (χ1v) is 9.46. The van der Waals surface area contributed by atoms with Gasteiger partial charge in [-0.15, -0.1) is 0 Å². The van der Waals surface area contributed by atoms with Crippen LogP contribution in [0.2, 0.25) is 0 Å².